The number of aromatic nitrogens is 1. The summed E-state index contributed by atoms with van der Waals surface area (Å²) in [6.07, 6.45) is 1.12. The number of rotatable bonds is 4. The molecule has 110 valence electrons. The molecule has 0 saturated carbocycles. The second kappa shape index (κ2) is 6.74. The molecule has 1 N–H and O–H groups in total. The van der Waals surface area contributed by atoms with Crippen LogP contribution in [0.3, 0.4) is 0 Å². The number of hydrogen-bond acceptors (Lipinski definition) is 3. The van der Waals surface area contributed by atoms with Crippen molar-refractivity contribution in [2.75, 3.05) is 19.6 Å². The van der Waals surface area contributed by atoms with Crippen molar-refractivity contribution in [1.29, 1.82) is 0 Å². The van der Waals surface area contributed by atoms with Crippen molar-refractivity contribution >= 4 is 29.1 Å². The normalized spacial score (nSPS) is 19.6. The molecule has 2 heterocycles. The summed E-state index contributed by atoms with van der Waals surface area (Å²) in [5.41, 5.74) is 0.453. The zero-order chi connectivity index (χ0) is 14.7. The molecule has 1 aromatic rings. The molecule has 4 nitrogen and oxygen atoms in total. The molecule has 1 amide bonds. The number of halogens is 2. The Morgan fingerprint density at radius 1 is 1.45 bits per heavy atom. The fourth-order valence-corrected chi connectivity index (χ4v) is 2.89. The molecule has 0 bridgehead atoms. The Kier molecular flexibility index (Phi) is 5.24. The maximum atomic E-state index is 12.1. The highest BCUT2D eigenvalue weighted by molar-refractivity contribution is 6.33. The number of hydrogen-bond donors (Lipinski definition) is 1. The molecule has 0 aliphatic carbocycles. The molecule has 1 unspecified atom stereocenters. The van der Waals surface area contributed by atoms with Gasteiger partial charge >= 0.3 is 0 Å². The van der Waals surface area contributed by atoms with Crippen molar-refractivity contribution in [3.63, 3.8) is 0 Å². The largest absolute Gasteiger partial charge is 0.352 e. The third kappa shape index (κ3) is 4.08. The Balaban J connectivity index is 1.87. The van der Waals surface area contributed by atoms with Crippen LogP contribution >= 0.6 is 23.2 Å². The van der Waals surface area contributed by atoms with Gasteiger partial charge in [-0.25, -0.2) is 4.98 Å². The molecular weight excluding hydrogens is 297 g/mol. The summed E-state index contributed by atoms with van der Waals surface area (Å²) in [7, 11) is 0. The number of carbonyl (C=O) groups excluding carboxylic acids is 1. The standard InChI is InChI=1S/C14H19Cl2N3O/c1-9(2)19-4-3-10(8-19)7-17-14(20)11-5-12(15)18-13(16)6-11/h5-6,9-10H,3-4,7-8H2,1-2H3,(H,17,20). The topological polar surface area (TPSA) is 45.2 Å². The van der Waals surface area contributed by atoms with Gasteiger partial charge < -0.3 is 10.2 Å². The van der Waals surface area contributed by atoms with Crippen molar-refractivity contribution < 1.29 is 4.79 Å². The van der Waals surface area contributed by atoms with Crippen molar-refractivity contribution in [1.82, 2.24) is 15.2 Å². The summed E-state index contributed by atoms with van der Waals surface area (Å²) in [5.74, 6) is 0.355. The number of nitrogens with zero attached hydrogens (tertiary/aromatic N) is 2. The first-order valence-electron chi connectivity index (χ1n) is 6.81. The van der Waals surface area contributed by atoms with Crippen LogP contribution in [0.2, 0.25) is 10.3 Å². The molecule has 0 radical (unpaired) electrons. The van der Waals surface area contributed by atoms with E-state index >= 15 is 0 Å². The van der Waals surface area contributed by atoms with E-state index in [2.05, 4.69) is 29.0 Å². The van der Waals surface area contributed by atoms with E-state index in [0.717, 1.165) is 19.5 Å². The summed E-state index contributed by atoms with van der Waals surface area (Å²) >= 11 is 11.6. The van der Waals surface area contributed by atoms with Crippen LogP contribution in [0.15, 0.2) is 12.1 Å². The third-order valence-corrected chi connectivity index (χ3v) is 4.01. The van der Waals surface area contributed by atoms with Gasteiger partial charge in [-0.05, 0) is 44.9 Å². The Morgan fingerprint density at radius 2 is 2.10 bits per heavy atom. The maximum Gasteiger partial charge on any atom is 0.251 e. The van der Waals surface area contributed by atoms with E-state index in [9.17, 15) is 4.79 Å². The van der Waals surface area contributed by atoms with E-state index in [1.165, 1.54) is 12.1 Å². The minimum absolute atomic E-state index is 0.154. The smallest absolute Gasteiger partial charge is 0.251 e. The average Bonchev–Trinajstić information content (AvgIpc) is 2.83. The Bertz CT molecular complexity index is 473. The lowest BCUT2D eigenvalue weighted by Gasteiger charge is -2.20. The summed E-state index contributed by atoms with van der Waals surface area (Å²) in [4.78, 5) is 18.3. The predicted octanol–water partition coefficient (Wildman–Crippen LogP) is 2.85. The summed E-state index contributed by atoms with van der Waals surface area (Å²) in [6.45, 7) is 7.21. The minimum atomic E-state index is -0.154. The fraction of sp³-hybridized carbons (Fsp3) is 0.571. The van der Waals surface area contributed by atoms with Crippen LogP contribution < -0.4 is 5.32 Å². The molecule has 0 spiro atoms. The van der Waals surface area contributed by atoms with E-state index < -0.39 is 0 Å². The number of likely N-dealkylation sites (tertiary alicyclic amines) is 1. The minimum Gasteiger partial charge on any atom is -0.352 e. The molecule has 1 saturated heterocycles. The van der Waals surface area contributed by atoms with E-state index in [1.54, 1.807) is 0 Å². The van der Waals surface area contributed by atoms with Gasteiger partial charge in [0.05, 0.1) is 0 Å². The number of pyridine rings is 1. The van der Waals surface area contributed by atoms with E-state index in [1.807, 2.05) is 0 Å². The van der Waals surface area contributed by atoms with E-state index in [-0.39, 0.29) is 16.2 Å². The first-order chi connectivity index (χ1) is 9.45. The summed E-state index contributed by atoms with van der Waals surface area (Å²) in [6, 6.07) is 3.61. The lowest BCUT2D eigenvalue weighted by atomic mass is 10.1. The van der Waals surface area contributed by atoms with E-state index in [4.69, 9.17) is 23.2 Å². The third-order valence-electron chi connectivity index (χ3n) is 3.62. The van der Waals surface area contributed by atoms with Gasteiger partial charge in [0.2, 0.25) is 0 Å². The van der Waals surface area contributed by atoms with Crippen molar-refractivity contribution in [3.05, 3.63) is 28.0 Å². The highest BCUT2D eigenvalue weighted by atomic mass is 35.5. The Labute approximate surface area is 129 Å². The van der Waals surface area contributed by atoms with Crippen molar-refractivity contribution in [2.24, 2.45) is 5.92 Å². The quantitative estimate of drug-likeness (QED) is 0.869. The molecule has 1 fully saturated rings. The van der Waals surface area contributed by atoms with Crippen molar-refractivity contribution in [2.45, 2.75) is 26.3 Å². The lowest BCUT2D eigenvalue weighted by Crippen LogP contribution is -2.33. The van der Waals surface area contributed by atoms with Gasteiger partial charge in [-0.2, -0.15) is 0 Å². The Hall–Kier alpha value is -0.840. The Morgan fingerprint density at radius 3 is 2.65 bits per heavy atom. The molecule has 1 aliphatic heterocycles. The summed E-state index contributed by atoms with van der Waals surface area (Å²) in [5, 5.41) is 3.41. The maximum absolute atomic E-state index is 12.1. The average molecular weight is 316 g/mol. The molecule has 1 aliphatic rings. The monoisotopic (exact) mass is 315 g/mol. The van der Waals surface area contributed by atoms with E-state index in [0.29, 0.717) is 24.1 Å². The van der Waals surface area contributed by atoms with Crippen LogP contribution in [-0.2, 0) is 0 Å². The van der Waals surface area contributed by atoms with Gasteiger partial charge in [0.25, 0.3) is 5.91 Å². The predicted molar refractivity (Wildman–Crippen MR) is 81.4 cm³/mol. The fourth-order valence-electron chi connectivity index (χ4n) is 2.43. The molecule has 1 atom stereocenters. The van der Waals surface area contributed by atoms with Gasteiger partial charge in [-0.15, -0.1) is 0 Å². The molecule has 6 heteroatoms. The van der Waals surface area contributed by atoms with Crippen LogP contribution in [-0.4, -0.2) is 41.5 Å². The SMILES string of the molecule is CC(C)N1CCC(CNC(=O)c2cc(Cl)nc(Cl)c2)C1. The first-order valence-corrected chi connectivity index (χ1v) is 7.56. The van der Waals surface area contributed by atoms with Gasteiger partial charge in [-0.1, -0.05) is 23.2 Å². The highest BCUT2D eigenvalue weighted by Crippen LogP contribution is 2.18. The van der Waals surface area contributed by atoms with Crippen LogP contribution in [0.4, 0.5) is 0 Å². The van der Waals surface area contributed by atoms with Gasteiger partial charge in [0.15, 0.2) is 0 Å². The van der Waals surface area contributed by atoms with Crippen molar-refractivity contribution in [3.8, 4) is 0 Å². The van der Waals surface area contributed by atoms with Crippen LogP contribution in [0.5, 0.6) is 0 Å². The molecular formula is C14H19Cl2N3O. The zero-order valence-corrected chi connectivity index (χ0v) is 13.2. The lowest BCUT2D eigenvalue weighted by molar-refractivity contribution is 0.0947. The first kappa shape index (κ1) is 15.5. The van der Waals surface area contributed by atoms with Gasteiger partial charge in [0.1, 0.15) is 10.3 Å². The molecule has 0 aromatic carbocycles. The van der Waals surface area contributed by atoms with Crippen LogP contribution in [0, 0.1) is 5.92 Å². The van der Waals surface area contributed by atoms with Crippen LogP contribution in [0.25, 0.3) is 0 Å². The summed E-state index contributed by atoms with van der Waals surface area (Å²) < 4.78 is 0. The molecule has 2 rings (SSSR count). The molecule has 20 heavy (non-hydrogen) atoms. The van der Waals surface area contributed by atoms with Crippen LogP contribution in [0.1, 0.15) is 30.6 Å². The van der Waals surface area contributed by atoms with Gasteiger partial charge in [-0.3, -0.25) is 4.79 Å². The number of amides is 1. The molecule has 1 aromatic heterocycles. The second-order valence-corrected chi connectivity index (χ2v) is 6.23. The number of carbonyl (C=O) groups is 1. The second-order valence-electron chi connectivity index (χ2n) is 5.45. The zero-order valence-electron chi connectivity index (χ0n) is 11.7. The number of nitrogens with one attached hydrogen (secondary N) is 1. The highest BCUT2D eigenvalue weighted by Gasteiger charge is 2.24. The van der Waals surface area contributed by atoms with Gasteiger partial charge in [0, 0.05) is 24.7 Å².